The molecule has 0 aromatic heterocycles. The summed E-state index contributed by atoms with van der Waals surface area (Å²) in [4.78, 5) is 36.1. The molecule has 0 spiro atoms. The van der Waals surface area contributed by atoms with E-state index in [1.165, 1.54) is 12.1 Å². The number of benzene rings is 3. The van der Waals surface area contributed by atoms with E-state index in [1.54, 1.807) is 37.3 Å². The van der Waals surface area contributed by atoms with Crippen molar-refractivity contribution in [3.05, 3.63) is 89.0 Å². The van der Waals surface area contributed by atoms with Gasteiger partial charge in [0, 0.05) is 17.8 Å². The molecule has 0 aliphatic heterocycles. The van der Waals surface area contributed by atoms with E-state index in [-0.39, 0.29) is 30.8 Å². The lowest BCUT2D eigenvalue weighted by Crippen LogP contribution is -2.28. The van der Waals surface area contributed by atoms with Crippen LogP contribution in [0.15, 0.2) is 66.7 Å². The van der Waals surface area contributed by atoms with Gasteiger partial charge in [-0.25, -0.2) is 4.79 Å². The van der Waals surface area contributed by atoms with Gasteiger partial charge in [0.15, 0.2) is 6.61 Å². The molecule has 3 aromatic rings. The predicted octanol–water partition coefficient (Wildman–Crippen LogP) is 4.79. The lowest BCUT2D eigenvalue weighted by Gasteiger charge is -2.11. The predicted molar refractivity (Wildman–Crippen MR) is 132 cm³/mol. The van der Waals surface area contributed by atoms with Crippen LogP contribution in [-0.4, -0.2) is 31.2 Å². The highest BCUT2D eigenvalue weighted by Crippen LogP contribution is 2.19. The fraction of sp³-hybridized carbons (Fsp3) is 0.222. The number of carbonyl (C=O) groups is 3. The van der Waals surface area contributed by atoms with Gasteiger partial charge in [-0.05, 0) is 74.4 Å². The molecule has 0 atom stereocenters. The maximum Gasteiger partial charge on any atom is 0.513 e. The minimum absolute atomic E-state index is 0.0871. The van der Waals surface area contributed by atoms with Gasteiger partial charge in [0.2, 0.25) is 0 Å². The number of rotatable bonds is 9. The molecule has 0 unspecified atom stereocenters. The lowest BCUT2D eigenvalue weighted by molar-refractivity contribution is -0.123. The van der Waals surface area contributed by atoms with Gasteiger partial charge in [-0.2, -0.15) is 0 Å². The first-order valence-corrected chi connectivity index (χ1v) is 11.2. The van der Waals surface area contributed by atoms with Crippen molar-refractivity contribution < 1.29 is 28.6 Å². The van der Waals surface area contributed by atoms with E-state index in [0.29, 0.717) is 23.5 Å². The highest BCUT2D eigenvalue weighted by molar-refractivity contribution is 6.04. The number of hydrogen-bond donors (Lipinski definition) is 2. The number of anilines is 1. The van der Waals surface area contributed by atoms with Gasteiger partial charge in [0.25, 0.3) is 11.8 Å². The summed E-state index contributed by atoms with van der Waals surface area (Å²) < 4.78 is 15.3. The van der Waals surface area contributed by atoms with Crippen molar-refractivity contribution in [2.75, 3.05) is 18.5 Å². The summed E-state index contributed by atoms with van der Waals surface area (Å²) in [7, 11) is 0. The summed E-state index contributed by atoms with van der Waals surface area (Å²) in [6.07, 6.45) is -0.801. The van der Waals surface area contributed by atoms with E-state index < -0.39 is 6.16 Å². The average Bonchev–Trinajstić information content (AvgIpc) is 2.83. The summed E-state index contributed by atoms with van der Waals surface area (Å²) in [6.45, 7) is 6.03. The Labute approximate surface area is 204 Å². The summed E-state index contributed by atoms with van der Waals surface area (Å²) >= 11 is 0. The second-order valence-corrected chi connectivity index (χ2v) is 7.80. The Hall–Kier alpha value is -4.33. The van der Waals surface area contributed by atoms with Crippen molar-refractivity contribution in [3.8, 4) is 11.5 Å². The zero-order valence-electron chi connectivity index (χ0n) is 19.9. The molecule has 8 nitrogen and oxygen atoms in total. The van der Waals surface area contributed by atoms with Crippen LogP contribution in [0.1, 0.15) is 34.0 Å². The smallest absolute Gasteiger partial charge is 0.484 e. The first-order valence-electron chi connectivity index (χ1n) is 11.2. The van der Waals surface area contributed by atoms with Crippen molar-refractivity contribution in [2.45, 2.75) is 27.3 Å². The van der Waals surface area contributed by atoms with Gasteiger partial charge in [0.05, 0.1) is 6.61 Å². The lowest BCUT2D eigenvalue weighted by atomic mass is 10.1. The molecular formula is C27H28N2O6. The third kappa shape index (κ3) is 7.89. The molecule has 0 radical (unpaired) electrons. The van der Waals surface area contributed by atoms with Gasteiger partial charge in [-0.15, -0.1) is 0 Å². The number of hydrogen-bond acceptors (Lipinski definition) is 6. The maximum absolute atomic E-state index is 12.6. The number of amides is 2. The van der Waals surface area contributed by atoms with Gasteiger partial charge in [0.1, 0.15) is 11.5 Å². The van der Waals surface area contributed by atoms with Gasteiger partial charge >= 0.3 is 6.16 Å². The number of nitrogens with one attached hydrogen (secondary N) is 2. The second kappa shape index (κ2) is 12.2. The molecule has 8 heteroatoms. The van der Waals surface area contributed by atoms with Crippen LogP contribution in [-0.2, 0) is 16.1 Å². The highest BCUT2D eigenvalue weighted by atomic mass is 16.7. The van der Waals surface area contributed by atoms with E-state index >= 15 is 0 Å². The van der Waals surface area contributed by atoms with Crippen LogP contribution in [0.25, 0.3) is 0 Å². The van der Waals surface area contributed by atoms with Crippen molar-refractivity contribution in [3.63, 3.8) is 0 Å². The molecule has 2 N–H and O–H groups in total. The highest BCUT2D eigenvalue weighted by Gasteiger charge is 2.10. The SMILES string of the molecule is CCOC(=O)Oc1ccc(C(=O)Nc2cccc(CNC(=O)COc3ccc(C)cc3C)c2)cc1. The largest absolute Gasteiger partial charge is 0.513 e. The molecule has 0 aliphatic rings. The summed E-state index contributed by atoms with van der Waals surface area (Å²) in [5, 5.41) is 5.63. The standard InChI is InChI=1S/C27H28N2O6/c1-4-33-27(32)35-23-11-9-21(10-12-23)26(31)29-22-7-5-6-20(15-22)16-28-25(30)17-34-24-13-8-18(2)14-19(24)3/h5-15H,4,16-17H2,1-3H3,(H,28,30)(H,29,31). The Balaban J connectivity index is 1.49. The molecule has 2 amide bonds. The molecule has 35 heavy (non-hydrogen) atoms. The van der Waals surface area contributed by atoms with E-state index in [9.17, 15) is 14.4 Å². The third-order valence-corrected chi connectivity index (χ3v) is 4.94. The van der Waals surface area contributed by atoms with E-state index in [0.717, 1.165) is 16.7 Å². The Morgan fingerprint density at radius 1 is 0.914 bits per heavy atom. The number of carbonyl (C=O) groups excluding carboxylic acids is 3. The Morgan fingerprint density at radius 2 is 1.69 bits per heavy atom. The molecule has 182 valence electrons. The number of aryl methyl sites for hydroxylation is 2. The topological polar surface area (TPSA) is 103 Å². The second-order valence-electron chi connectivity index (χ2n) is 7.80. The molecule has 3 aromatic carbocycles. The van der Waals surface area contributed by atoms with Crippen LogP contribution in [0.4, 0.5) is 10.5 Å². The average molecular weight is 477 g/mol. The zero-order valence-corrected chi connectivity index (χ0v) is 19.9. The monoisotopic (exact) mass is 476 g/mol. The quantitative estimate of drug-likeness (QED) is 0.340. The fourth-order valence-corrected chi connectivity index (χ4v) is 3.24. The van der Waals surface area contributed by atoms with Crippen LogP contribution in [0.3, 0.4) is 0 Å². The van der Waals surface area contributed by atoms with Crippen molar-refractivity contribution in [1.29, 1.82) is 0 Å². The van der Waals surface area contributed by atoms with E-state index in [2.05, 4.69) is 10.6 Å². The molecular weight excluding hydrogens is 448 g/mol. The Kier molecular flexibility index (Phi) is 8.83. The van der Waals surface area contributed by atoms with Crippen LogP contribution in [0.5, 0.6) is 11.5 Å². The molecule has 0 fully saturated rings. The number of ether oxygens (including phenoxy) is 3. The maximum atomic E-state index is 12.6. The molecule has 3 rings (SSSR count). The van der Waals surface area contributed by atoms with Crippen molar-refractivity contribution >= 4 is 23.7 Å². The van der Waals surface area contributed by atoms with Crippen LogP contribution in [0, 0.1) is 13.8 Å². The van der Waals surface area contributed by atoms with Crippen LogP contribution < -0.4 is 20.1 Å². The Morgan fingerprint density at radius 3 is 2.40 bits per heavy atom. The Bertz CT molecular complexity index is 1190. The van der Waals surface area contributed by atoms with Crippen LogP contribution in [0.2, 0.25) is 0 Å². The third-order valence-electron chi connectivity index (χ3n) is 4.94. The first kappa shape index (κ1) is 25.3. The van der Waals surface area contributed by atoms with Crippen molar-refractivity contribution in [2.24, 2.45) is 0 Å². The summed E-state index contributed by atoms with van der Waals surface area (Å²) in [6, 6.07) is 19.1. The molecule has 0 bridgehead atoms. The van der Waals surface area contributed by atoms with Gasteiger partial charge in [-0.1, -0.05) is 29.8 Å². The minimum Gasteiger partial charge on any atom is -0.484 e. The first-order chi connectivity index (χ1) is 16.8. The summed E-state index contributed by atoms with van der Waals surface area (Å²) in [5.41, 5.74) is 3.90. The zero-order chi connectivity index (χ0) is 25.2. The normalized spacial score (nSPS) is 10.3. The minimum atomic E-state index is -0.801. The van der Waals surface area contributed by atoms with Gasteiger partial charge < -0.3 is 24.8 Å². The van der Waals surface area contributed by atoms with E-state index in [4.69, 9.17) is 14.2 Å². The van der Waals surface area contributed by atoms with E-state index in [1.807, 2.05) is 38.1 Å². The molecule has 0 saturated carbocycles. The van der Waals surface area contributed by atoms with Crippen molar-refractivity contribution in [1.82, 2.24) is 5.32 Å². The van der Waals surface area contributed by atoms with Crippen LogP contribution >= 0.6 is 0 Å². The van der Waals surface area contributed by atoms with Gasteiger partial charge in [-0.3, -0.25) is 9.59 Å². The fourth-order valence-electron chi connectivity index (χ4n) is 3.24. The molecule has 0 saturated heterocycles. The molecule has 0 aliphatic carbocycles. The summed E-state index contributed by atoms with van der Waals surface area (Å²) in [5.74, 6) is 0.385. The molecule has 0 heterocycles.